The molecular weight excluding hydrogens is 354 g/mol. The van der Waals surface area contributed by atoms with Crippen LogP contribution < -0.4 is 10.2 Å². The van der Waals surface area contributed by atoms with Crippen molar-refractivity contribution < 1.29 is 9.26 Å². The van der Waals surface area contributed by atoms with E-state index >= 15 is 0 Å². The highest BCUT2D eigenvalue weighted by Gasteiger charge is 2.29. The quantitative estimate of drug-likeness (QED) is 0.706. The summed E-state index contributed by atoms with van der Waals surface area (Å²) < 4.78 is 10.9. The lowest BCUT2D eigenvalue weighted by molar-refractivity contribution is 0.122. The average molecular weight is 379 g/mol. The van der Waals surface area contributed by atoms with Crippen molar-refractivity contribution in [2.75, 3.05) is 31.2 Å². The van der Waals surface area contributed by atoms with E-state index in [0.29, 0.717) is 19.0 Å². The summed E-state index contributed by atoms with van der Waals surface area (Å²) in [6.07, 6.45) is 2.33. The smallest absolute Gasteiger partial charge is 0.229 e. The van der Waals surface area contributed by atoms with Gasteiger partial charge in [0, 0.05) is 36.5 Å². The first-order valence-electron chi connectivity index (χ1n) is 10.0. The van der Waals surface area contributed by atoms with Gasteiger partial charge in [0.05, 0.1) is 25.3 Å². The lowest BCUT2D eigenvalue weighted by atomic mass is 10.1. The van der Waals surface area contributed by atoms with Gasteiger partial charge in [0.2, 0.25) is 5.89 Å². The number of fused-ring (bicyclic) bond motifs is 1. The molecule has 0 radical (unpaired) electrons. The minimum atomic E-state index is 0.488. The summed E-state index contributed by atoms with van der Waals surface area (Å²) in [5.41, 5.74) is 3.45. The Morgan fingerprint density at radius 1 is 1.11 bits per heavy atom. The number of ether oxygens (including phenoxy) is 1. The molecule has 0 unspecified atom stereocenters. The molecule has 5 rings (SSSR count). The van der Waals surface area contributed by atoms with Crippen molar-refractivity contribution in [1.29, 1.82) is 0 Å². The third-order valence-corrected chi connectivity index (χ3v) is 5.35. The van der Waals surface area contributed by atoms with Gasteiger partial charge in [-0.2, -0.15) is 4.98 Å². The fraction of sp³-hybridized carbons (Fsp3) is 0.476. The number of nitrogens with zero attached hydrogens (tertiary/aromatic N) is 4. The molecule has 1 aliphatic carbocycles. The first-order valence-corrected chi connectivity index (χ1v) is 10.0. The second-order valence-electron chi connectivity index (χ2n) is 7.69. The molecular formula is C21H25N5O2. The molecule has 7 heteroatoms. The Balaban J connectivity index is 1.36. The lowest BCUT2D eigenvalue weighted by Gasteiger charge is -2.30. The zero-order chi connectivity index (χ0) is 18.9. The van der Waals surface area contributed by atoms with Crippen LogP contribution in [0.25, 0.3) is 10.9 Å². The van der Waals surface area contributed by atoms with E-state index in [2.05, 4.69) is 51.5 Å². The Bertz CT molecular complexity index is 976. The van der Waals surface area contributed by atoms with Crippen LogP contribution >= 0.6 is 0 Å². The normalized spacial score (nSPS) is 17.4. The van der Waals surface area contributed by atoms with E-state index in [0.717, 1.165) is 54.7 Å². The number of nitrogens with one attached hydrogen (secondary N) is 1. The Morgan fingerprint density at radius 3 is 2.79 bits per heavy atom. The molecule has 1 N–H and O–H groups in total. The summed E-state index contributed by atoms with van der Waals surface area (Å²) in [6.45, 7) is 6.62. The fourth-order valence-electron chi connectivity index (χ4n) is 3.63. The van der Waals surface area contributed by atoms with Crippen LogP contribution in [0.15, 0.2) is 28.8 Å². The van der Waals surface area contributed by atoms with Gasteiger partial charge in [0.1, 0.15) is 5.82 Å². The van der Waals surface area contributed by atoms with Crippen molar-refractivity contribution in [2.45, 2.75) is 38.8 Å². The number of aryl methyl sites for hydroxylation is 1. The van der Waals surface area contributed by atoms with Gasteiger partial charge in [0.15, 0.2) is 5.82 Å². The molecule has 1 aromatic carbocycles. The standard InChI is InChI=1S/C21H25N5O2/c1-14-2-3-16-11-17(12-22-13-19-24-21(28-25-19)15-4-5-15)20(23-18(16)10-14)26-6-8-27-9-7-26/h2-3,10-11,15,22H,4-9,12-13H2,1H3. The van der Waals surface area contributed by atoms with Crippen molar-refractivity contribution in [3.05, 3.63) is 47.1 Å². The zero-order valence-electron chi connectivity index (χ0n) is 16.1. The number of benzene rings is 1. The van der Waals surface area contributed by atoms with Crippen molar-refractivity contribution in [1.82, 2.24) is 20.4 Å². The minimum absolute atomic E-state index is 0.488. The summed E-state index contributed by atoms with van der Waals surface area (Å²) in [7, 11) is 0. The zero-order valence-corrected chi connectivity index (χ0v) is 16.1. The Labute approximate surface area is 164 Å². The van der Waals surface area contributed by atoms with E-state index in [1.54, 1.807) is 0 Å². The van der Waals surface area contributed by atoms with E-state index in [1.165, 1.54) is 24.0 Å². The van der Waals surface area contributed by atoms with E-state index in [1.807, 2.05) is 0 Å². The van der Waals surface area contributed by atoms with Crippen LogP contribution in [0.3, 0.4) is 0 Å². The van der Waals surface area contributed by atoms with Crippen LogP contribution in [0.5, 0.6) is 0 Å². The van der Waals surface area contributed by atoms with Gasteiger partial charge in [-0.05, 0) is 37.5 Å². The van der Waals surface area contributed by atoms with Gasteiger partial charge in [-0.25, -0.2) is 4.98 Å². The summed E-state index contributed by atoms with van der Waals surface area (Å²) in [5.74, 6) is 3.04. The highest BCUT2D eigenvalue weighted by molar-refractivity contribution is 5.82. The van der Waals surface area contributed by atoms with Crippen molar-refractivity contribution in [2.24, 2.45) is 0 Å². The maximum absolute atomic E-state index is 5.52. The molecule has 2 aromatic heterocycles. The molecule has 0 atom stereocenters. The van der Waals surface area contributed by atoms with Crippen molar-refractivity contribution in [3.8, 4) is 0 Å². The second kappa shape index (κ2) is 7.48. The minimum Gasteiger partial charge on any atom is -0.378 e. The number of rotatable bonds is 6. The predicted octanol–water partition coefficient (Wildman–Crippen LogP) is 2.93. The first-order chi connectivity index (χ1) is 13.8. The highest BCUT2D eigenvalue weighted by Crippen LogP contribution is 2.38. The third-order valence-electron chi connectivity index (χ3n) is 5.35. The molecule has 0 bridgehead atoms. The number of morpholine rings is 1. The molecule has 146 valence electrons. The molecule has 0 spiro atoms. The van der Waals surface area contributed by atoms with Gasteiger partial charge in [-0.15, -0.1) is 0 Å². The molecule has 3 aromatic rings. The molecule has 28 heavy (non-hydrogen) atoms. The monoisotopic (exact) mass is 379 g/mol. The largest absolute Gasteiger partial charge is 0.378 e. The summed E-state index contributed by atoms with van der Waals surface area (Å²) >= 11 is 0. The van der Waals surface area contributed by atoms with Gasteiger partial charge >= 0.3 is 0 Å². The highest BCUT2D eigenvalue weighted by atomic mass is 16.5. The number of hydrogen-bond donors (Lipinski definition) is 1. The Kier molecular flexibility index (Phi) is 4.70. The third kappa shape index (κ3) is 3.72. The lowest BCUT2D eigenvalue weighted by Crippen LogP contribution is -2.37. The number of hydrogen-bond acceptors (Lipinski definition) is 7. The second-order valence-corrected chi connectivity index (χ2v) is 7.69. The van der Waals surface area contributed by atoms with Gasteiger partial charge in [-0.3, -0.25) is 0 Å². The SMILES string of the molecule is Cc1ccc2cc(CNCc3noc(C4CC4)n3)c(N3CCOCC3)nc2c1. The molecule has 1 aliphatic heterocycles. The van der Waals surface area contributed by atoms with Crippen LogP contribution in [-0.2, 0) is 17.8 Å². The van der Waals surface area contributed by atoms with Gasteiger partial charge < -0.3 is 19.5 Å². The number of aromatic nitrogens is 3. The van der Waals surface area contributed by atoms with Gasteiger partial charge in [0.25, 0.3) is 0 Å². The molecule has 0 amide bonds. The topological polar surface area (TPSA) is 76.3 Å². The van der Waals surface area contributed by atoms with Crippen molar-refractivity contribution >= 4 is 16.7 Å². The van der Waals surface area contributed by atoms with E-state index in [-0.39, 0.29) is 0 Å². The molecule has 3 heterocycles. The predicted molar refractivity (Wildman–Crippen MR) is 106 cm³/mol. The van der Waals surface area contributed by atoms with E-state index in [4.69, 9.17) is 14.2 Å². The molecule has 1 saturated heterocycles. The van der Waals surface area contributed by atoms with Gasteiger partial charge in [-0.1, -0.05) is 17.3 Å². The molecule has 2 aliphatic rings. The average Bonchev–Trinajstić information content (AvgIpc) is 3.47. The number of anilines is 1. The van der Waals surface area contributed by atoms with Crippen LogP contribution in [0.4, 0.5) is 5.82 Å². The maximum atomic E-state index is 5.52. The van der Waals surface area contributed by atoms with Crippen LogP contribution in [0.1, 0.15) is 41.6 Å². The summed E-state index contributed by atoms with van der Waals surface area (Å²) in [4.78, 5) is 11.8. The maximum Gasteiger partial charge on any atom is 0.229 e. The number of pyridine rings is 1. The van der Waals surface area contributed by atoms with Crippen molar-refractivity contribution in [3.63, 3.8) is 0 Å². The molecule has 2 fully saturated rings. The Hall–Kier alpha value is -2.51. The van der Waals surface area contributed by atoms with E-state index < -0.39 is 0 Å². The molecule has 7 nitrogen and oxygen atoms in total. The summed E-state index contributed by atoms with van der Waals surface area (Å²) in [6, 6.07) is 8.67. The van der Waals surface area contributed by atoms with Crippen LogP contribution in [0.2, 0.25) is 0 Å². The van der Waals surface area contributed by atoms with E-state index in [9.17, 15) is 0 Å². The van der Waals surface area contributed by atoms with Crippen LogP contribution in [0, 0.1) is 6.92 Å². The van der Waals surface area contributed by atoms with Crippen LogP contribution in [-0.4, -0.2) is 41.4 Å². The fourth-order valence-corrected chi connectivity index (χ4v) is 3.63. The Morgan fingerprint density at radius 2 is 1.96 bits per heavy atom. The summed E-state index contributed by atoms with van der Waals surface area (Å²) in [5, 5.41) is 8.71. The first kappa shape index (κ1) is 17.6. The molecule has 1 saturated carbocycles.